The van der Waals surface area contributed by atoms with Crippen LogP contribution in [0, 0.1) is 0 Å². The number of aliphatic hydroxyl groups excluding tert-OH is 1. The molecule has 4 rings (SSSR count). The smallest absolute Gasteiger partial charge is 0.412 e. The average Bonchev–Trinajstić information content (AvgIpc) is 2.88. The van der Waals surface area contributed by atoms with Crippen molar-refractivity contribution in [1.82, 2.24) is 4.90 Å². The number of carbonyl (C=O) groups excluding carboxylic acids is 2. The van der Waals surface area contributed by atoms with E-state index in [0.717, 1.165) is 16.7 Å². The molecule has 1 heterocycles. The van der Waals surface area contributed by atoms with Gasteiger partial charge in [0.1, 0.15) is 19.4 Å². The van der Waals surface area contributed by atoms with Crippen LogP contribution in [0.3, 0.4) is 0 Å². The van der Waals surface area contributed by atoms with Crippen molar-refractivity contribution >= 4 is 17.9 Å². The first kappa shape index (κ1) is 23.3. The summed E-state index contributed by atoms with van der Waals surface area (Å²) >= 11 is 0. The summed E-state index contributed by atoms with van der Waals surface area (Å²) in [7, 11) is 0. The van der Waals surface area contributed by atoms with Gasteiger partial charge in [-0.2, -0.15) is 0 Å². The Balaban J connectivity index is 1.24. The number of ether oxygens (including phenoxy) is 2. The Morgan fingerprint density at radius 3 is 2.03 bits per heavy atom. The lowest BCUT2D eigenvalue weighted by atomic mass is 9.88. The van der Waals surface area contributed by atoms with Crippen LogP contribution in [0.25, 0.3) is 0 Å². The molecule has 176 valence electrons. The van der Waals surface area contributed by atoms with Gasteiger partial charge >= 0.3 is 12.2 Å². The van der Waals surface area contributed by atoms with Gasteiger partial charge in [-0.25, -0.2) is 9.59 Å². The molecule has 2 N–H and O–H groups in total. The van der Waals surface area contributed by atoms with E-state index >= 15 is 0 Å². The lowest BCUT2D eigenvalue weighted by molar-refractivity contribution is -0.0292. The quantitative estimate of drug-likeness (QED) is 0.523. The Morgan fingerprint density at radius 1 is 0.853 bits per heavy atom. The van der Waals surface area contributed by atoms with Crippen molar-refractivity contribution in [3.63, 3.8) is 0 Å². The van der Waals surface area contributed by atoms with Crippen LogP contribution in [0.5, 0.6) is 0 Å². The van der Waals surface area contributed by atoms with Crippen LogP contribution in [0.2, 0.25) is 0 Å². The van der Waals surface area contributed by atoms with Crippen molar-refractivity contribution in [1.29, 1.82) is 0 Å². The van der Waals surface area contributed by atoms with Crippen LogP contribution in [-0.4, -0.2) is 35.0 Å². The zero-order valence-corrected chi connectivity index (χ0v) is 18.8. The van der Waals surface area contributed by atoms with Crippen molar-refractivity contribution in [2.45, 2.75) is 38.2 Å². The number of hydrogen-bond acceptors (Lipinski definition) is 5. The van der Waals surface area contributed by atoms with Gasteiger partial charge in [0.15, 0.2) is 0 Å². The summed E-state index contributed by atoms with van der Waals surface area (Å²) in [5.74, 6) is 0.104. The minimum atomic E-state index is -0.909. The Labute approximate surface area is 198 Å². The van der Waals surface area contributed by atoms with Crippen LogP contribution < -0.4 is 5.32 Å². The molecule has 1 saturated heterocycles. The van der Waals surface area contributed by atoms with Gasteiger partial charge in [0.25, 0.3) is 0 Å². The monoisotopic (exact) mass is 460 g/mol. The molecule has 3 aromatic rings. The molecule has 2 atom stereocenters. The SMILES string of the molecule is O=C(Nc1ccc(C2CCN(C(=O)OCc3ccccc3)C(O)C2)cc1)OCc1ccccc1. The summed E-state index contributed by atoms with van der Waals surface area (Å²) in [5.41, 5.74) is 3.49. The topological polar surface area (TPSA) is 88.1 Å². The summed E-state index contributed by atoms with van der Waals surface area (Å²) in [6.45, 7) is 0.787. The molecule has 0 radical (unpaired) electrons. The summed E-state index contributed by atoms with van der Waals surface area (Å²) < 4.78 is 10.6. The van der Waals surface area contributed by atoms with Crippen molar-refractivity contribution < 1.29 is 24.2 Å². The highest BCUT2D eigenvalue weighted by Crippen LogP contribution is 2.32. The van der Waals surface area contributed by atoms with E-state index < -0.39 is 18.4 Å². The van der Waals surface area contributed by atoms with E-state index in [1.807, 2.05) is 84.9 Å². The first-order chi connectivity index (χ1) is 16.6. The molecule has 3 aromatic carbocycles. The largest absolute Gasteiger partial charge is 0.444 e. The van der Waals surface area contributed by atoms with E-state index in [1.54, 1.807) is 0 Å². The predicted molar refractivity (Wildman–Crippen MR) is 128 cm³/mol. The molecule has 1 aliphatic rings. The molecule has 0 bridgehead atoms. The van der Waals surface area contributed by atoms with Crippen molar-refractivity contribution in [3.8, 4) is 0 Å². The zero-order valence-electron chi connectivity index (χ0n) is 18.8. The Hall–Kier alpha value is -3.84. The van der Waals surface area contributed by atoms with Crippen molar-refractivity contribution in [3.05, 3.63) is 102 Å². The maximum absolute atomic E-state index is 12.4. The molecule has 1 aliphatic heterocycles. The minimum absolute atomic E-state index is 0.104. The minimum Gasteiger partial charge on any atom is -0.444 e. The van der Waals surface area contributed by atoms with Gasteiger partial charge in [-0.3, -0.25) is 10.2 Å². The fourth-order valence-electron chi connectivity index (χ4n) is 3.98. The van der Waals surface area contributed by atoms with Gasteiger partial charge in [-0.05, 0) is 47.6 Å². The Morgan fingerprint density at radius 2 is 1.44 bits per heavy atom. The maximum Gasteiger partial charge on any atom is 0.412 e. The highest BCUT2D eigenvalue weighted by molar-refractivity contribution is 5.84. The highest BCUT2D eigenvalue weighted by atomic mass is 16.6. The molecule has 0 aliphatic carbocycles. The van der Waals surface area contributed by atoms with E-state index in [0.29, 0.717) is 25.1 Å². The Bertz CT molecular complexity index is 1070. The second-order valence-electron chi connectivity index (χ2n) is 8.24. The first-order valence-electron chi connectivity index (χ1n) is 11.3. The number of likely N-dealkylation sites (tertiary alicyclic amines) is 1. The molecule has 34 heavy (non-hydrogen) atoms. The summed E-state index contributed by atoms with van der Waals surface area (Å²) in [4.78, 5) is 25.8. The molecule has 2 amide bonds. The summed E-state index contributed by atoms with van der Waals surface area (Å²) in [5, 5.41) is 13.3. The third kappa shape index (κ3) is 6.36. The Kier molecular flexibility index (Phi) is 7.78. The summed E-state index contributed by atoms with van der Waals surface area (Å²) in [6.07, 6.45) is -0.805. The number of amides is 2. The number of carbonyl (C=O) groups is 2. The number of benzene rings is 3. The van der Waals surface area contributed by atoms with E-state index in [4.69, 9.17) is 9.47 Å². The third-order valence-electron chi connectivity index (χ3n) is 5.85. The van der Waals surface area contributed by atoms with Gasteiger partial charge in [-0.1, -0.05) is 72.8 Å². The number of nitrogens with zero attached hydrogens (tertiary/aromatic N) is 1. The number of nitrogens with one attached hydrogen (secondary N) is 1. The van der Waals surface area contributed by atoms with Crippen LogP contribution in [0.15, 0.2) is 84.9 Å². The van der Waals surface area contributed by atoms with Crippen LogP contribution in [0.4, 0.5) is 15.3 Å². The fourth-order valence-corrected chi connectivity index (χ4v) is 3.98. The van der Waals surface area contributed by atoms with Gasteiger partial charge in [0.2, 0.25) is 0 Å². The molecule has 7 heteroatoms. The standard InChI is InChI=1S/C27H28N2O5/c30-25-17-23(15-16-29(25)27(32)34-19-21-9-5-2-6-10-21)22-11-13-24(14-12-22)28-26(31)33-18-20-7-3-1-4-8-20/h1-14,23,25,30H,15-19H2,(H,28,31). The number of anilines is 1. The van der Waals surface area contributed by atoms with Crippen LogP contribution in [0.1, 0.15) is 35.4 Å². The van der Waals surface area contributed by atoms with Crippen molar-refractivity contribution in [2.24, 2.45) is 0 Å². The van der Waals surface area contributed by atoms with E-state index in [-0.39, 0.29) is 19.1 Å². The van der Waals surface area contributed by atoms with Gasteiger partial charge in [-0.15, -0.1) is 0 Å². The highest BCUT2D eigenvalue weighted by Gasteiger charge is 2.32. The molecule has 0 aromatic heterocycles. The van der Waals surface area contributed by atoms with Crippen LogP contribution in [-0.2, 0) is 22.7 Å². The fraction of sp³-hybridized carbons (Fsp3) is 0.259. The number of piperidine rings is 1. The van der Waals surface area contributed by atoms with E-state index in [9.17, 15) is 14.7 Å². The molecule has 7 nitrogen and oxygen atoms in total. The number of rotatable bonds is 6. The van der Waals surface area contributed by atoms with Crippen molar-refractivity contribution in [2.75, 3.05) is 11.9 Å². The third-order valence-corrected chi connectivity index (χ3v) is 5.85. The lowest BCUT2D eigenvalue weighted by Crippen LogP contribution is -2.45. The maximum atomic E-state index is 12.4. The number of hydrogen-bond donors (Lipinski definition) is 2. The molecule has 0 spiro atoms. The predicted octanol–water partition coefficient (Wildman–Crippen LogP) is 5.27. The first-order valence-corrected chi connectivity index (χ1v) is 11.3. The zero-order chi connectivity index (χ0) is 23.8. The molecular weight excluding hydrogens is 432 g/mol. The second kappa shape index (κ2) is 11.3. The molecule has 2 unspecified atom stereocenters. The van der Waals surface area contributed by atoms with Gasteiger partial charge in [0.05, 0.1) is 0 Å². The van der Waals surface area contributed by atoms with Gasteiger partial charge < -0.3 is 14.6 Å². The molecule has 0 saturated carbocycles. The normalized spacial score (nSPS) is 17.6. The number of aliphatic hydroxyl groups is 1. The van der Waals surface area contributed by atoms with E-state index in [2.05, 4.69) is 5.32 Å². The summed E-state index contributed by atoms with van der Waals surface area (Å²) in [6, 6.07) is 26.4. The molecular formula is C27H28N2O5. The average molecular weight is 461 g/mol. The van der Waals surface area contributed by atoms with E-state index in [1.165, 1.54) is 4.90 Å². The van der Waals surface area contributed by atoms with Crippen LogP contribution >= 0.6 is 0 Å². The van der Waals surface area contributed by atoms with Gasteiger partial charge in [0, 0.05) is 12.2 Å². The molecule has 1 fully saturated rings. The second-order valence-corrected chi connectivity index (χ2v) is 8.24. The lowest BCUT2D eigenvalue weighted by Gasteiger charge is -2.36.